The van der Waals surface area contributed by atoms with Gasteiger partial charge in [0.25, 0.3) is 0 Å². The lowest BCUT2D eigenvalue weighted by atomic mass is 10.2. The molecule has 0 aliphatic carbocycles. The fraction of sp³-hybridized carbons (Fsp3) is 0.579. The number of aliphatic imine (C=N–C) groups is 1. The van der Waals surface area contributed by atoms with Gasteiger partial charge >= 0.3 is 0 Å². The lowest BCUT2D eigenvalue weighted by molar-refractivity contribution is -0.127. The molecule has 0 unspecified atom stereocenters. The minimum atomic E-state index is -0.408. The van der Waals surface area contributed by atoms with E-state index < -0.39 is 5.82 Å². The largest absolute Gasteiger partial charge is 0.494 e. The Bertz CT molecular complexity index is 629. The number of nitrogens with zero attached hydrogens (tertiary/aromatic N) is 3. The summed E-state index contributed by atoms with van der Waals surface area (Å²) >= 11 is 0. The van der Waals surface area contributed by atoms with Gasteiger partial charge in [-0.15, -0.1) is 24.0 Å². The highest BCUT2D eigenvalue weighted by Gasteiger charge is 2.11. The molecular formula is C19H32FIN4O3. The van der Waals surface area contributed by atoms with Gasteiger partial charge in [-0.25, -0.2) is 9.38 Å². The van der Waals surface area contributed by atoms with Crippen LogP contribution in [-0.4, -0.2) is 76.2 Å². The predicted octanol–water partition coefficient (Wildman–Crippen LogP) is 2.34. The second-order valence-corrected chi connectivity index (χ2v) is 6.23. The third kappa shape index (κ3) is 9.54. The van der Waals surface area contributed by atoms with Gasteiger partial charge in [0.1, 0.15) is 6.54 Å². The third-order valence-corrected chi connectivity index (χ3v) is 3.81. The van der Waals surface area contributed by atoms with Crippen molar-refractivity contribution in [1.29, 1.82) is 0 Å². The summed E-state index contributed by atoms with van der Waals surface area (Å²) in [5.41, 5.74) is 0.776. The van der Waals surface area contributed by atoms with E-state index in [-0.39, 0.29) is 42.2 Å². The summed E-state index contributed by atoms with van der Waals surface area (Å²) in [4.78, 5) is 19.6. The topological polar surface area (TPSA) is 66.4 Å². The van der Waals surface area contributed by atoms with Gasteiger partial charge in [-0.2, -0.15) is 0 Å². The smallest absolute Gasteiger partial charge is 0.243 e. The van der Waals surface area contributed by atoms with Crippen molar-refractivity contribution in [2.24, 2.45) is 4.99 Å². The van der Waals surface area contributed by atoms with Gasteiger partial charge in [-0.3, -0.25) is 4.79 Å². The predicted molar refractivity (Wildman–Crippen MR) is 120 cm³/mol. The van der Waals surface area contributed by atoms with E-state index >= 15 is 0 Å². The Morgan fingerprint density at radius 2 is 2.00 bits per heavy atom. The van der Waals surface area contributed by atoms with Gasteiger partial charge in [0.15, 0.2) is 17.5 Å². The van der Waals surface area contributed by atoms with Crippen LogP contribution in [0.2, 0.25) is 0 Å². The van der Waals surface area contributed by atoms with Crippen molar-refractivity contribution < 1.29 is 18.7 Å². The van der Waals surface area contributed by atoms with Crippen molar-refractivity contribution in [2.45, 2.75) is 19.9 Å². The molecule has 0 saturated carbocycles. The summed E-state index contributed by atoms with van der Waals surface area (Å²) < 4.78 is 24.2. The minimum absolute atomic E-state index is 0. The van der Waals surface area contributed by atoms with E-state index in [0.29, 0.717) is 32.3 Å². The summed E-state index contributed by atoms with van der Waals surface area (Å²) in [6.07, 6.45) is 0.819. The monoisotopic (exact) mass is 510 g/mol. The number of rotatable bonds is 10. The van der Waals surface area contributed by atoms with Gasteiger partial charge in [0.2, 0.25) is 5.91 Å². The van der Waals surface area contributed by atoms with E-state index in [9.17, 15) is 9.18 Å². The fourth-order valence-electron chi connectivity index (χ4n) is 2.27. The molecule has 1 amide bonds. The van der Waals surface area contributed by atoms with Gasteiger partial charge < -0.3 is 24.6 Å². The summed E-state index contributed by atoms with van der Waals surface area (Å²) in [5, 5.41) is 3.24. The van der Waals surface area contributed by atoms with Crippen LogP contribution in [-0.2, 0) is 16.1 Å². The Hall–Kier alpha value is -1.62. The average Bonchev–Trinajstić information content (AvgIpc) is 2.63. The number of likely N-dealkylation sites (N-methyl/N-ethyl adjacent to an activating group) is 1. The van der Waals surface area contributed by atoms with Crippen molar-refractivity contribution in [3.05, 3.63) is 29.6 Å². The SMILES string of the molecule is CCOCCCNC(=NCC(=O)N(C)C)N(C)Cc1ccc(OC)c(F)c1.I. The molecule has 7 nitrogen and oxygen atoms in total. The standard InChI is InChI=1S/C19H31FN4O3.HI/c1-6-27-11-7-10-21-19(22-13-18(25)23(2)3)24(4)14-15-8-9-17(26-5)16(20)12-15;/h8-9,12H,6-7,10-11,13-14H2,1-5H3,(H,21,22);1H. The molecule has 0 aliphatic rings. The Morgan fingerprint density at radius 3 is 2.57 bits per heavy atom. The number of hydrogen-bond donors (Lipinski definition) is 1. The zero-order chi connectivity index (χ0) is 20.2. The van der Waals surface area contributed by atoms with Crippen LogP contribution in [0.15, 0.2) is 23.2 Å². The van der Waals surface area contributed by atoms with E-state index in [4.69, 9.17) is 9.47 Å². The number of hydrogen-bond acceptors (Lipinski definition) is 4. The Balaban J connectivity index is 0.00000729. The van der Waals surface area contributed by atoms with Crippen LogP contribution >= 0.6 is 24.0 Å². The second-order valence-electron chi connectivity index (χ2n) is 6.23. The number of benzene rings is 1. The van der Waals surface area contributed by atoms with E-state index in [1.807, 2.05) is 18.9 Å². The third-order valence-electron chi connectivity index (χ3n) is 3.81. The second kappa shape index (κ2) is 14.4. The number of amides is 1. The van der Waals surface area contributed by atoms with Crippen LogP contribution in [0.25, 0.3) is 0 Å². The van der Waals surface area contributed by atoms with Gasteiger partial charge in [-0.05, 0) is 31.0 Å². The van der Waals surface area contributed by atoms with Crippen LogP contribution in [0, 0.1) is 5.82 Å². The highest BCUT2D eigenvalue weighted by atomic mass is 127. The fourth-order valence-corrected chi connectivity index (χ4v) is 2.27. The normalized spacial score (nSPS) is 10.9. The first-order valence-corrected chi connectivity index (χ1v) is 8.98. The molecule has 1 aromatic rings. The Kier molecular flexibility index (Phi) is 13.6. The first-order valence-electron chi connectivity index (χ1n) is 8.98. The molecule has 160 valence electrons. The number of methoxy groups -OCH3 is 1. The first kappa shape index (κ1) is 26.4. The number of nitrogens with one attached hydrogen (secondary N) is 1. The molecule has 0 atom stereocenters. The van der Waals surface area contributed by atoms with E-state index in [1.54, 1.807) is 26.2 Å². The number of carbonyl (C=O) groups excluding carboxylic acids is 1. The molecule has 9 heteroatoms. The zero-order valence-electron chi connectivity index (χ0n) is 17.3. The number of guanidine groups is 1. The van der Waals surface area contributed by atoms with Crippen LogP contribution in [0.1, 0.15) is 18.9 Å². The van der Waals surface area contributed by atoms with Gasteiger partial charge in [-0.1, -0.05) is 6.07 Å². The van der Waals surface area contributed by atoms with E-state index in [1.165, 1.54) is 18.1 Å². The molecule has 0 radical (unpaired) electrons. The number of halogens is 2. The van der Waals surface area contributed by atoms with Gasteiger partial charge in [0.05, 0.1) is 7.11 Å². The number of carbonyl (C=O) groups is 1. The summed E-state index contributed by atoms with van der Waals surface area (Å²) in [5.74, 6) is 0.292. The van der Waals surface area contributed by atoms with E-state index in [0.717, 1.165) is 12.0 Å². The highest BCUT2D eigenvalue weighted by molar-refractivity contribution is 14.0. The molecule has 0 bridgehead atoms. The summed E-state index contributed by atoms with van der Waals surface area (Å²) in [6.45, 7) is 4.43. The first-order chi connectivity index (χ1) is 12.9. The van der Waals surface area contributed by atoms with Crippen LogP contribution in [0.5, 0.6) is 5.75 Å². The molecule has 28 heavy (non-hydrogen) atoms. The van der Waals surface area contributed by atoms with Crippen LogP contribution in [0.4, 0.5) is 4.39 Å². The zero-order valence-corrected chi connectivity index (χ0v) is 19.7. The van der Waals surface area contributed by atoms with Crippen molar-refractivity contribution in [3.8, 4) is 5.75 Å². The molecule has 1 aromatic carbocycles. The molecule has 1 rings (SSSR count). The van der Waals surface area contributed by atoms with Crippen molar-refractivity contribution in [2.75, 3.05) is 54.6 Å². The minimum Gasteiger partial charge on any atom is -0.494 e. The lowest BCUT2D eigenvalue weighted by Gasteiger charge is -2.23. The molecule has 0 aromatic heterocycles. The van der Waals surface area contributed by atoms with Crippen molar-refractivity contribution in [3.63, 3.8) is 0 Å². The van der Waals surface area contributed by atoms with Crippen molar-refractivity contribution in [1.82, 2.24) is 15.1 Å². The Labute approximate surface area is 184 Å². The molecular weight excluding hydrogens is 478 g/mol. The lowest BCUT2D eigenvalue weighted by Crippen LogP contribution is -2.40. The quantitative estimate of drug-likeness (QED) is 0.227. The van der Waals surface area contributed by atoms with Gasteiger partial charge in [0, 0.05) is 47.4 Å². The molecule has 0 fully saturated rings. The maximum Gasteiger partial charge on any atom is 0.243 e. The van der Waals surface area contributed by atoms with Crippen molar-refractivity contribution >= 4 is 35.8 Å². The molecule has 0 saturated heterocycles. The molecule has 1 N–H and O–H groups in total. The van der Waals surface area contributed by atoms with Crippen LogP contribution < -0.4 is 10.1 Å². The summed E-state index contributed by atoms with van der Waals surface area (Å²) in [7, 11) is 6.66. The van der Waals surface area contributed by atoms with Crippen LogP contribution in [0.3, 0.4) is 0 Å². The molecule has 0 heterocycles. The highest BCUT2D eigenvalue weighted by Crippen LogP contribution is 2.18. The molecule has 0 aliphatic heterocycles. The average molecular weight is 510 g/mol. The summed E-state index contributed by atoms with van der Waals surface area (Å²) in [6, 6.07) is 4.84. The molecule has 0 spiro atoms. The Morgan fingerprint density at radius 1 is 1.29 bits per heavy atom. The number of ether oxygens (including phenoxy) is 2. The van der Waals surface area contributed by atoms with E-state index in [2.05, 4.69) is 10.3 Å². The maximum atomic E-state index is 13.9. The maximum absolute atomic E-state index is 13.9.